The molecule has 0 saturated carbocycles. The number of carbonyl (C=O) groups excluding carboxylic acids is 1. The molecule has 10 nitrogen and oxygen atoms in total. The van der Waals surface area contributed by atoms with Crippen molar-refractivity contribution in [3.05, 3.63) is 59.9 Å². The number of pyridine rings is 1. The molecule has 3 rings (SSSR count). The fraction of sp³-hybridized carbons (Fsp3) is 0.238. The smallest absolute Gasteiger partial charge is 0.365 e. The predicted molar refractivity (Wildman–Crippen MR) is 126 cm³/mol. The highest BCUT2D eigenvalue weighted by Gasteiger charge is 2.35. The Bertz CT molecular complexity index is 1320. The summed E-state index contributed by atoms with van der Waals surface area (Å²) in [6.45, 7) is 1.18. The van der Waals surface area contributed by atoms with Gasteiger partial charge in [0.15, 0.2) is 0 Å². The highest BCUT2D eigenvalue weighted by Crippen LogP contribution is 2.34. The number of alkyl halides is 3. The van der Waals surface area contributed by atoms with E-state index in [1.54, 1.807) is 36.4 Å². The van der Waals surface area contributed by atoms with Gasteiger partial charge in [-0.3, -0.25) is 9.10 Å². The summed E-state index contributed by atoms with van der Waals surface area (Å²) < 4.78 is 65.5. The summed E-state index contributed by atoms with van der Waals surface area (Å²) in [6, 6.07) is 9.50. The van der Waals surface area contributed by atoms with Crippen LogP contribution in [0.15, 0.2) is 48.8 Å². The topological polar surface area (TPSA) is 129 Å². The molecule has 0 saturated heterocycles. The zero-order chi connectivity index (χ0) is 25.8. The van der Waals surface area contributed by atoms with Crippen LogP contribution in [0, 0.1) is 0 Å². The lowest BCUT2D eigenvalue weighted by Crippen LogP contribution is -2.27. The molecule has 14 heteroatoms. The molecule has 0 aliphatic rings. The SMILES string of the molecule is CC(=O)Nc1ccc(Nc2ncc(C(F)(F)F)c(NCc3cccnc3N(C)S(C)(=O)=O)n2)cc1. The van der Waals surface area contributed by atoms with Crippen LogP contribution in [-0.4, -0.2) is 42.6 Å². The summed E-state index contributed by atoms with van der Waals surface area (Å²) in [5.41, 5.74) is 0.278. The van der Waals surface area contributed by atoms with Gasteiger partial charge in [0.25, 0.3) is 0 Å². The molecule has 0 atom stereocenters. The van der Waals surface area contributed by atoms with Crippen molar-refractivity contribution in [1.82, 2.24) is 15.0 Å². The third-order valence-electron chi connectivity index (χ3n) is 4.67. The van der Waals surface area contributed by atoms with Gasteiger partial charge in [0.2, 0.25) is 21.9 Å². The van der Waals surface area contributed by atoms with Gasteiger partial charge < -0.3 is 16.0 Å². The molecule has 0 spiro atoms. The van der Waals surface area contributed by atoms with Crippen LogP contribution < -0.4 is 20.3 Å². The molecule has 3 aromatic rings. The van der Waals surface area contributed by atoms with Gasteiger partial charge in [-0.2, -0.15) is 18.2 Å². The fourth-order valence-electron chi connectivity index (χ4n) is 2.94. The van der Waals surface area contributed by atoms with Gasteiger partial charge in [-0.05, 0) is 30.3 Å². The van der Waals surface area contributed by atoms with E-state index in [1.807, 2.05) is 0 Å². The van der Waals surface area contributed by atoms with Crippen molar-refractivity contribution in [1.29, 1.82) is 0 Å². The number of anilines is 5. The number of benzene rings is 1. The Morgan fingerprint density at radius 2 is 1.74 bits per heavy atom. The number of aromatic nitrogens is 3. The lowest BCUT2D eigenvalue weighted by molar-refractivity contribution is -0.137. The van der Waals surface area contributed by atoms with E-state index in [4.69, 9.17) is 0 Å². The Balaban J connectivity index is 1.87. The molecule has 2 aromatic heterocycles. The largest absolute Gasteiger partial charge is 0.421 e. The number of amides is 1. The van der Waals surface area contributed by atoms with E-state index in [1.165, 1.54) is 20.2 Å². The minimum absolute atomic E-state index is 0.0720. The molecular formula is C21H22F3N7O3S. The van der Waals surface area contributed by atoms with Crippen LogP contribution in [0.1, 0.15) is 18.1 Å². The molecular weight excluding hydrogens is 487 g/mol. The number of sulfonamides is 1. The zero-order valence-corrected chi connectivity index (χ0v) is 19.7. The molecule has 1 aromatic carbocycles. The number of hydrogen-bond donors (Lipinski definition) is 3. The van der Waals surface area contributed by atoms with Gasteiger partial charge in [0, 0.05) is 49.8 Å². The Labute approximate surface area is 199 Å². The van der Waals surface area contributed by atoms with Gasteiger partial charge in [-0.25, -0.2) is 18.4 Å². The van der Waals surface area contributed by atoms with Crippen molar-refractivity contribution in [3.63, 3.8) is 0 Å². The van der Waals surface area contributed by atoms with E-state index >= 15 is 0 Å². The molecule has 35 heavy (non-hydrogen) atoms. The minimum atomic E-state index is -4.73. The lowest BCUT2D eigenvalue weighted by atomic mass is 10.2. The van der Waals surface area contributed by atoms with Crippen LogP contribution in [0.4, 0.5) is 42.1 Å². The van der Waals surface area contributed by atoms with Crippen LogP contribution in [0.3, 0.4) is 0 Å². The summed E-state index contributed by atoms with van der Waals surface area (Å²) in [5, 5.41) is 8.03. The number of hydrogen-bond acceptors (Lipinski definition) is 8. The fourth-order valence-corrected chi connectivity index (χ4v) is 3.42. The maximum Gasteiger partial charge on any atom is 0.421 e. The maximum atomic E-state index is 13.6. The van der Waals surface area contributed by atoms with Gasteiger partial charge in [-0.1, -0.05) is 6.07 Å². The molecule has 186 valence electrons. The first-order chi connectivity index (χ1) is 16.3. The van der Waals surface area contributed by atoms with Crippen molar-refractivity contribution in [3.8, 4) is 0 Å². The Morgan fingerprint density at radius 3 is 2.34 bits per heavy atom. The van der Waals surface area contributed by atoms with E-state index in [9.17, 15) is 26.4 Å². The molecule has 0 bridgehead atoms. The molecule has 3 N–H and O–H groups in total. The van der Waals surface area contributed by atoms with Gasteiger partial charge >= 0.3 is 6.18 Å². The molecule has 0 fully saturated rings. The van der Waals surface area contributed by atoms with Crippen molar-refractivity contribution in [2.24, 2.45) is 0 Å². The average Bonchev–Trinajstić information content (AvgIpc) is 2.77. The Hall–Kier alpha value is -3.94. The van der Waals surface area contributed by atoms with E-state index in [-0.39, 0.29) is 24.2 Å². The molecule has 2 heterocycles. The minimum Gasteiger partial charge on any atom is -0.365 e. The molecule has 0 radical (unpaired) electrons. The van der Waals surface area contributed by atoms with E-state index in [0.29, 0.717) is 23.1 Å². The first kappa shape index (κ1) is 25.7. The van der Waals surface area contributed by atoms with Gasteiger partial charge in [0.05, 0.1) is 6.26 Å². The lowest BCUT2D eigenvalue weighted by Gasteiger charge is -2.20. The van der Waals surface area contributed by atoms with E-state index in [0.717, 1.165) is 10.6 Å². The number of rotatable bonds is 8. The molecule has 0 aliphatic carbocycles. The summed E-state index contributed by atoms with van der Waals surface area (Å²) in [6.07, 6.45) is -1.71. The van der Waals surface area contributed by atoms with Crippen molar-refractivity contribution in [2.45, 2.75) is 19.6 Å². The molecule has 1 amide bonds. The normalized spacial score (nSPS) is 11.6. The highest BCUT2D eigenvalue weighted by atomic mass is 32.2. The molecule has 0 unspecified atom stereocenters. The van der Waals surface area contributed by atoms with Crippen molar-refractivity contribution >= 4 is 44.9 Å². The summed E-state index contributed by atoms with van der Waals surface area (Å²) in [4.78, 5) is 22.9. The summed E-state index contributed by atoms with van der Waals surface area (Å²) in [7, 11) is -2.34. The van der Waals surface area contributed by atoms with Crippen LogP contribution in [0.5, 0.6) is 0 Å². The second-order valence-corrected chi connectivity index (χ2v) is 9.42. The quantitative estimate of drug-likeness (QED) is 0.420. The van der Waals surface area contributed by atoms with Crippen molar-refractivity contribution in [2.75, 3.05) is 33.6 Å². The second-order valence-electron chi connectivity index (χ2n) is 7.41. The Morgan fingerprint density at radius 1 is 1.09 bits per heavy atom. The summed E-state index contributed by atoms with van der Waals surface area (Å²) in [5.74, 6) is -0.774. The standard InChI is InChI=1S/C21H22F3N7O3S/c1-13(32)28-15-6-8-16(9-7-15)29-20-27-12-17(21(22,23)24)18(30-20)26-11-14-5-4-10-25-19(14)31(2)35(3,33)34/h4-10,12H,11H2,1-3H3,(H,28,32)(H2,26,27,29,30). The predicted octanol–water partition coefficient (Wildman–Crippen LogP) is 3.60. The Kier molecular flexibility index (Phi) is 7.43. The highest BCUT2D eigenvalue weighted by molar-refractivity contribution is 7.92. The average molecular weight is 510 g/mol. The van der Waals surface area contributed by atoms with Crippen molar-refractivity contribution < 1.29 is 26.4 Å². The van der Waals surface area contributed by atoms with Crippen LogP contribution in [0.25, 0.3) is 0 Å². The summed E-state index contributed by atoms with van der Waals surface area (Å²) >= 11 is 0. The van der Waals surface area contributed by atoms with Crippen LogP contribution >= 0.6 is 0 Å². The third kappa shape index (κ3) is 6.79. The molecule has 0 aliphatic heterocycles. The first-order valence-corrected chi connectivity index (χ1v) is 11.9. The monoisotopic (exact) mass is 509 g/mol. The number of halogens is 3. The third-order valence-corrected chi connectivity index (χ3v) is 5.83. The van der Waals surface area contributed by atoms with Crippen LogP contribution in [-0.2, 0) is 27.5 Å². The van der Waals surface area contributed by atoms with Crippen LogP contribution in [0.2, 0.25) is 0 Å². The number of carbonyl (C=O) groups is 1. The van der Waals surface area contributed by atoms with E-state index in [2.05, 4.69) is 30.9 Å². The number of nitrogens with one attached hydrogen (secondary N) is 3. The number of nitrogens with zero attached hydrogens (tertiary/aromatic N) is 4. The van der Waals surface area contributed by atoms with Gasteiger partial charge in [-0.15, -0.1) is 0 Å². The zero-order valence-electron chi connectivity index (χ0n) is 18.9. The second kappa shape index (κ2) is 10.1. The van der Waals surface area contributed by atoms with E-state index < -0.39 is 27.6 Å². The first-order valence-electron chi connectivity index (χ1n) is 10.0. The maximum absolute atomic E-state index is 13.6. The van der Waals surface area contributed by atoms with Gasteiger partial charge in [0.1, 0.15) is 17.2 Å².